The van der Waals surface area contributed by atoms with Crippen LogP contribution in [0, 0.1) is 11.3 Å². The van der Waals surface area contributed by atoms with Gasteiger partial charge in [0.25, 0.3) is 5.91 Å². The molecular formula is C26H21F3N2O3S2. The van der Waals surface area contributed by atoms with Crippen molar-refractivity contribution in [2.45, 2.75) is 42.0 Å². The largest absolute Gasteiger partial charge is 0.462 e. The summed E-state index contributed by atoms with van der Waals surface area (Å²) in [5.74, 6) is -1.12. The van der Waals surface area contributed by atoms with E-state index in [1.165, 1.54) is 35.6 Å². The highest BCUT2D eigenvalue weighted by Crippen LogP contribution is 2.46. The smallest absolute Gasteiger partial charge is 0.446 e. The summed E-state index contributed by atoms with van der Waals surface area (Å²) >= 11 is 0.964. The molecule has 186 valence electrons. The fraction of sp³-hybridized carbons (Fsp3) is 0.269. The summed E-state index contributed by atoms with van der Waals surface area (Å²) in [5.41, 5.74) is -3.10. The zero-order chi connectivity index (χ0) is 25.9. The van der Waals surface area contributed by atoms with Crippen LogP contribution in [0.2, 0.25) is 0 Å². The van der Waals surface area contributed by atoms with Gasteiger partial charge in [0.05, 0.1) is 23.7 Å². The fourth-order valence-electron chi connectivity index (χ4n) is 4.27. The van der Waals surface area contributed by atoms with Gasteiger partial charge in [-0.25, -0.2) is 4.79 Å². The highest BCUT2D eigenvalue weighted by atomic mass is 32.2. The zero-order valence-corrected chi connectivity index (χ0v) is 20.8. The molecule has 0 saturated carbocycles. The van der Waals surface area contributed by atoms with E-state index in [2.05, 4.69) is 11.4 Å². The number of nitrogens with one attached hydrogen (secondary N) is 1. The van der Waals surface area contributed by atoms with Gasteiger partial charge in [0, 0.05) is 21.8 Å². The number of esters is 1. The van der Waals surface area contributed by atoms with E-state index in [1.54, 1.807) is 6.92 Å². The van der Waals surface area contributed by atoms with Gasteiger partial charge in [-0.05, 0) is 66.9 Å². The van der Waals surface area contributed by atoms with Crippen molar-refractivity contribution in [1.29, 1.82) is 5.26 Å². The summed E-state index contributed by atoms with van der Waals surface area (Å²) in [6.45, 7) is 1.84. The predicted molar refractivity (Wildman–Crippen MR) is 132 cm³/mol. The van der Waals surface area contributed by atoms with Crippen LogP contribution in [0.5, 0.6) is 0 Å². The standard InChI is InChI=1S/C26H21F3N2O3S2/c1-2-34-24(33)21-19-12-13-25(15-30,17-6-4-3-5-7-17)14-20(19)35-23(21)31-22(32)16-8-10-18(11-9-16)36-26(27,28)29/h3-11H,2,12-14H2,1H3,(H,31,32). The first kappa shape index (κ1) is 25.8. The number of anilines is 1. The maximum Gasteiger partial charge on any atom is 0.446 e. The van der Waals surface area contributed by atoms with Crippen LogP contribution in [0.1, 0.15) is 50.1 Å². The number of rotatable bonds is 6. The molecule has 1 heterocycles. The predicted octanol–water partition coefficient (Wildman–Crippen LogP) is 6.74. The molecule has 0 saturated heterocycles. The number of hydrogen-bond acceptors (Lipinski definition) is 6. The third-order valence-electron chi connectivity index (χ3n) is 5.95. The SMILES string of the molecule is CCOC(=O)c1c(NC(=O)c2ccc(SC(F)(F)F)cc2)sc2c1CCC(C#N)(c1ccccc1)C2. The molecule has 0 bridgehead atoms. The Kier molecular flexibility index (Phi) is 7.43. The lowest BCUT2D eigenvalue weighted by Crippen LogP contribution is -2.31. The molecule has 3 aromatic rings. The first-order valence-corrected chi connectivity index (χ1v) is 12.7. The minimum absolute atomic E-state index is 0.0356. The van der Waals surface area contributed by atoms with Crippen molar-refractivity contribution >= 4 is 40.0 Å². The minimum atomic E-state index is -4.42. The summed E-state index contributed by atoms with van der Waals surface area (Å²) in [5, 5.41) is 13.1. The number of ether oxygens (including phenoxy) is 1. The summed E-state index contributed by atoms with van der Waals surface area (Å²) in [6, 6.07) is 17.0. The molecule has 0 spiro atoms. The Morgan fingerprint density at radius 3 is 2.47 bits per heavy atom. The van der Waals surface area contributed by atoms with Crippen molar-refractivity contribution < 1.29 is 27.5 Å². The highest BCUT2D eigenvalue weighted by Gasteiger charge is 2.40. The van der Waals surface area contributed by atoms with Crippen LogP contribution in [-0.4, -0.2) is 24.0 Å². The van der Waals surface area contributed by atoms with Crippen LogP contribution in [0.3, 0.4) is 0 Å². The topological polar surface area (TPSA) is 79.2 Å². The van der Waals surface area contributed by atoms with E-state index < -0.39 is 22.8 Å². The van der Waals surface area contributed by atoms with Crippen molar-refractivity contribution in [2.75, 3.05) is 11.9 Å². The van der Waals surface area contributed by atoms with Crippen LogP contribution in [0.15, 0.2) is 59.5 Å². The molecule has 1 aromatic heterocycles. The third-order valence-corrected chi connectivity index (χ3v) is 7.84. The quantitative estimate of drug-likeness (QED) is 0.282. The van der Waals surface area contributed by atoms with Crippen LogP contribution in [-0.2, 0) is 23.0 Å². The van der Waals surface area contributed by atoms with Gasteiger partial charge in [0.2, 0.25) is 0 Å². The zero-order valence-electron chi connectivity index (χ0n) is 19.1. The van der Waals surface area contributed by atoms with E-state index in [0.717, 1.165) is 16.0 Å². The summed E-state index contributed by atoms with van der Waals surface area (Å²) in [6.07, 6.45) is 1.36. The number of thioether (sulfide) groups is 1. The Hall–Kier alpha value is -3.29. The minimum Gasteiger partial charge on any atom is -0.462 e. The number of fused-ring (bicyclic) bond motifs is 1. The van der Waals surface area contributed by atoms with Gasteiger partial charge in [0.1, 0.15) is 5.00 Å². The van der Waals surface area contributed by atoms with Gasteiger partial charge < -0.3 is 10.1 Å². The molecule has 1 amide bonds. The maximum absolute atomic E-state index is 12.9. The van der Waals surface area contributed by atoms with Crippen molar-refractivity contribution in [1.82, 2.24) is 0 Å². The van der Waals surface area contributed by atoms with Crippen LogP contribution in [0.25, 0.3) is 0 Å². The monoisotopic (exact) mass is 530 g/mol. The second kappa shape index (κ2) is 10.4. The van der Waals surface area contributed by atoms with Gasteiger partial charge in [-0.3, -0.25) is 4.79 Å². The lowest BCUT2D eigenvalue weighted by molar-refractivity contribution is -0.0328. The molecule has 1 atom stereocenters. The number of hydrogen-bond donors (Lipinski definition) is 1. The molecule has 0 fully saturated rings. The number of thiophene rings is 1. The summed E-state index contributed by atoms with van der Waals surface area (Å²) in [4.78, 5) is 26.6. The molecule has 4 rings (SSSR count). The molecule has 10 heteroatoms. The van der Waals surface area contributed by atoms with E-state index in [0.29, 0.717) is 24.3 Å². The fourth-order valence-corrected chi connectivity index (χ4v) is 6.16. The van der Waals surface area contributed by atoms with Crippen molar-refractivity contribution in [3.63, 3.8) is 0 Å². The Labute approximate surface area is 214 Å². The second-order valence-electron chi connectivity index (χ2n) is 8.19. The van der Waals surface area contributed by atoms with Gasteiger partial charge in [0.15, 0.2) is 0 Å². The van der Waals surface area contributed by atoms with Gasteiger partial charge in [-0.1, -0.05) is 30.3 Å². The van der Waals surface area contributed by atoms with E-state index in [4.69, 9.17) is 4.74 Å². The molecule has 5 nitrogen and oxygen atoms in total. The van der Waals surface area contributed by atoms with Gasteiger partial charge in [-0.15, -0.1) is 11.3 Å². The molecule has 0 aliphatic heterocycles. The average Bonchev–Trinajstić information content (AvgIpc) is 3.20. The van der Waals surface area contributed by atoms with Gasteiger partial charge in [-0.2, -0.15) is 18.4 Å². The van der Waals surface area contributed by atoms with Crippen molar-refractivity contribution in [3.05, 3.63) is 81.7 Å². The van der Waals surface area contributed by atoms with Gasteiger partial charge >= 0.3 is 11.5 Å². The highest BCUT2D eigenvalue weighted by molar-refractivity contribution is 8.00. The summed E-state index contributed by atoms with van der Waals surface area (Å²) in [7, 11) is 0. The normalized spacial score (nSPS) is 17.1. The Morgan fingerprint density at radius 1 is 1.17 bits per heavy atom. The lowest BCUT2D eigenvalue weighted by Gasteiger charge is -2.31. The molecule has 1 aliphatic rings. The number of halogens is 3. The van der Waals surface area contributed by atoms with Crippen LogP contribution in [0.4, 0.5) is 18.2 Å². The average molecular weight is 531 g/mol. The van der Waals surface area contributed by atoms with E-state index in [1.807, 2.05) is 30.3 Å². The Balaban J connectivity index is 1.64. The first-order chi connectivity index (χ1) is 17.2. The molecule has 1 N–H and O–H groups in total. The molecule has 2 aromatic carbocycles. The van der Waals surface area contributed by atoms with Crippen LogP contribution >= 0.6 is 23.1 Å². The molecular weight excluding hydrogens is 509 g/mol. The second-order valence-corrected chi connectivity index (χ2v) is 10.4. The number of amides is 1. The molecule has 1 unspecified atom stereocenters. The number of nitrogens with zero attached hydrogens (tertiary/aromatic N) is 1. The van der Waals surface area contributed by atoms with Crippen molar-refractivity contribution in [2.24, 2.45) is 0 Å². The van der Waals surface area contributed by atoms with Crippen LogP contribution < -0.4 is 5.32 Å². The third kappa shape index (κ3) is 5.42. The molecule has 1 aliphatic carbocycles. The maximum atomic E-state index is 12.9. The number of alkyl halides is 3. The molecule has 36 heavy (non-hydrogen) atoms. The Morgan fingerprint density at radius 2 is 1.86 bits per heavy atom. The number of nitriles is 1. The van der Waals surface area contributed by atoms with E-state index in [9.17, 15) is 28.0 Å². The number of benzene rings is 2. The number of carbonyl (C=O) groups is 2. The number of carbonyl (C=O) groups excluding carboxylic acids is 2. The van der Waals surface area contributed by atoms with E-state index >= 15 is 0 Å². The summed E-state index contributed by atoms with van der Waals surface area (Å²) < 4.78 is 43.0. The Bertz CT molecular complexity index is 1320. The molecule has 0 radical (unpaired) electrons. The van der Waals surface area contributed by atoms with E-state index in [-0.39, 0.29) is 34.4 Å². The first-order valence-electron chi connectivity index (χ1n) is 11.1. The van der Waals surface area contributed by atoms with Crippen molar-refractivity contribution in [3.8, 4) is 6.07 Å². The lowest BCUT2D eigenvalue weighted by atomic mass is 9.70.